The van der Waals surface area contributed by atoms with E-state index in [1.807, 2.05) is 0 Å². The summed E-state index contributed by atoms with van der Waals surface area (Å²) in [6.07, 6.45) is 0. The number of halogens is 4. The summed E-state index contributed by atoms with van der Waals surface area (Å²) >= 11 is -6.83. The maximum atomic E-state index is 9.85. The molecule has 0 unspecified atom stereocenters. The summed E-state index contributed by atoms with van der Waals surface area (Å²) in [6.45, 7) is 1.93. The van der Waals surface area contributed by atoms with Gasteiger partial charge in [0.05, 0.1) is 0 Å². The number of rotatable bonds is 0. The Bertz CT molecular complexity index is 42.3. The van der Waals surface area contributed by atoms with Gasteiger partial charge in [0.15, 0.2) is 0 Å². The maximum Gasteiger partial charge on any atom is 1.04 e. The van der Waals surface area contributed by atoms with Gasteiger partial charge in [-0.1, -0.05) is 0 Å². The van der Waals surface area contributed by atoms with E-state index in [4.69, 9.17) is 5.11 Å². The van der Waals surface area contributed by atoms with Crippen molar-refractivity contribution in [3.8, 4) is 0 Å². The molecule has 0 rings (SSSR count). The van der Waals surface area contributed by atoms with Crippen LogP contribution in [0, 0.1) is 0 Å². The van der Waals surface area contributed by atoms with E-state index in [0.717, 1.165) is 0 Å². The van der Waals surface area contributed by atoms with E-state index in [1.165, 1.54) is 0 Å². The molecular formula is C2H6AlF4KO. The van der Waals surface area contributed by atoms with Gasteiger partial charge in [0, 0.05) is 6.61 Å². The molecule has 0 fully saturated rings. The van der Waals surface area contributed by atoms with Crippen LogP contribution in [-0.4, -0.2) is 26.6 Å². The first kappa shape index (κ1) is 17.1. The average molecular weight is 188 g/mol. The molecule has 0 spiro atoms. The van der Waals surface area contributed by atoms with Gasteiger partial charge < -0.3 is 19.2 Å². The van der Waals surface area contributed by atoms with Crippen LogP contribution in [0.15, 0.2) is 0 Å². The molecule has 1 nitrogen and oxygen atoms in total. The fraction of sp³-hybridized carbons (Fsp3) is 1.00. The van der Waals surface area contributed by atoms with Crippen molar-refractivity contribution in [1.82, 2.24) is 0 Å². The first-order valence-electron chi connectivity index (χ1n) is 1.90. The molecule has 0 saturated heterocycles. The molecule has 1 N–H and O–H groups in total. The van der Waals surface area contributed by atoms with Crippen LogP contribution in [0.3, 0.4) is 0 Å². The summed E-state index contributed by atoms with van der Waals surface area (Å²) in [5.41, 5.74) is 0. The monoisotopic (exact) mass is 188 g/mol. The quantitative estimate of drug-likeness (QED) is 0.355. The third-order valence-corrected chi connectivity index (χ3v) is 0. The van der Waals surface area contributed by atoms with Crippen LogP contribution in [-0.2, 0) is 0 Å². The van der Waals surface area contributed by atoms with Gasteiger partial charge in [-0.3, -0.25) is 0 Å². The smallest absolute Gasteiger partial charge is 0.510 e. The van der Waals surface area contributed by atoms with Gasteiger partial charge in [0.25, 0.3) is 0 Å². The van der Waals surface area contributed by atoms with Crippen molar-refractivity contribution in [1.29, 1.82) is 0 Å². The van der Waals surface area contributed by atoms with E-state index >= 15 is 0 Å². The third kappa shape index (κ3) is 178. The van der Waals surface area contributed by atoms with Crippen LogP contribution >= 0.6 is 0 Å². The molecule has 0 bridgehead atoms. The average Bonchev–Trinajstić information content (AvgIpc) is 1.27. The van der Waals surface area contributed by atoms with Gasteiger partial charge in [0.1, 0.15) is 0 Å². The molecule has 52 valence electrons. The second kappa shape index (κ2) is 9.85. The third-order valence-electron chi connectivity index (χ3n) is 0. The van der Waals surface area contributed by atoms with Crippen molar-refractivity contribution in [3.05, 3.63) is 0 Å². The molecule has 7 heteroatoms. The van der Waals surface area contributed by atoms with Crippen molar-refractivity contribution < 1.29 is 70.6 Å². The SMILES string of the molecule is CCO.[F][Al-]([F])([F])[F].[K+]. The largest absolute Gasteiger partial charge is 1.04 e. The van der Waals surface area contributed by atoms with Gasteiger partial charge in [0.2, 0.25) is 0 Å². The van der Waals surface area contributed by atoms with Gasteiger partial charge in [-0.15, -0.1) is 0 Å². The second-order valence-corrected chi connectivity index (χ2v) is 1.80. The molecule has 0 amide bonds. The van der Waals surface area contributed by atoms with Crippen LogP contribution in [0.25, 0.3) is 0 Å². The van der Waals surface area contributed by atoms with E-state index in [1.54, 1.807) is 6.92 Å². The Labute approximate surface area is 97.4 Å². The van der Waals surface area contributed by atoms with Crippen LogP contribution in [0.5, 0.6) is 0 Å². The molecule has 0 radical (unpaired) electrons. The Kier molecular flexibility index (Phi) is 18.7. The van der Waals surface area contributed by atoms with Crippen LogP contribution in [0.4, 0.5) is 14.1 Å². The summed E-state index contributed by atoms with van der Waals surface area (Å²) in [5, 5.41) is 7.57. The Balaban J connectivity index is -0.0000000800. The van der Waals surface area contributed by atoms with Crippen LogP contribution in [0.1, 0.15) is 6.92 Å². The number of hydrogen-bond acceptors (Lipinski definition) is 1. The zero-order valence-electron chi connectivity index (χ0n) is 5.24. The number of aliphatic hydroxyl groups excluding tert-OH is 1. The van der Waals surface area contributed by atoms with Gasteiger partial charge in [-0.2, -0.15) is 0 Å². The molecule has 9 heavy (non-hydrogen) atoms. The fourth-order valence-corrected chi connectivity index (χ4v) is 0. The van der Waals surface area contributed by atoms with Crippen LogP contribution in [0.2, 0.25) is 0 Å². The maximum absolute atomic E-state index is 9.85. The van der Waals surface area contributed by atoms with Crippen molar-refractivity contribution in [2.24, 2.45) is 0 Å². The summed E-state index contributed by atoms with van der Waals surface area (Å²) in [4.78, 5) is 0. The minimum absolute atomic E-state index is 0. The molecule has 0 aromatic carbocycles. The first-order valence-corrected chi connectivity index (χ1v) is 3.64. The van der Waals surface area contributed by atoms with E-state index in [9.17, 15) is 14.1 Å². The summed E-state index contributed by atoms with van der Waals surface area (Å²) in [7, 11) is 0. The standard InChI is InChI=1S/C2H6O.Al.4FH.K/c1-2-3;;;;;;/h3H,2H2,1H3;;4*1H;/q;+3;;;;;+1/p-4. The minimum Gasteiger partial charge on any atom is -0.510 e. The molecule has 0 aliphatic carbocycles. The van der Waals surface area contributed by atoms with Gasteiger partial charge >= 0.3 is 66.3 Å². The Hall–Kier alpha value is 1.85. The van der Waals surface area contributed by atoms with Crippen molar-refractivity contribution >= 4 is 14.9 Å². The number of hydrogen-bond donors (Lipinski definition) is 1. The molecule has 0 aromatic heterocycles. The molecule has 0 heterocycles. The van der Waals surface area contributed by atoms with E-state index in [2.05, 4.69) is 0 Å². The molecule has 0 aliphatic heterocycles. The van der Waals surface area contributed by atoms with Crippen LogP contribution < -0.4 is 51.4 Å². The fourth-order valence-electron chi connectivity index (χ4n) is 0. The van der Waals surface area contributed by atoms with Crippen molar-refractivity contribution in [2.45, 2.75) is 6.92 Å². The minimum atomic E-state index is -6.83. The Morgan fingerprint density at radius 3 is 1.22 bits per heavy atom. The summed E-state index contributed by atoms with van der Waals surface area (Å²) in [5.74, 6) is 0. The second-order valence-electron chi connectivity index (χ2n) is 0.811. The van der Waals surface area contributed by atoms with Gasteiger partial charge in [-0.05, 0) is 6.92 Å². The predicted octanol–water partition coefficient (Wildman–Crippen LogP) is -1.70. The van der Waals surface area contributed by atoms with Crippen molar-refractivity contribution in [3.63, 3.8) is 0 Å². The molecule has 0 saturated carbocycles. The van der Waals surface area contributed by atoms with Crippen molar-refractivity contribution in [2.75, 3.05) is 6.61 Å². The molecule has 0 atom stereocenters. The zero-order chi connectivity index (χ0) is 7.21. The van der Waals surface area contributed by atoms with Gasteiger partial charge in [-0.25, -0.2) is 0 Å². The first-order chi connectivity index (χ1) is 3.41. The predicted molar refractivity (Wildman–Crippen MR) is 22.9 cm³/mol. The molecular weight excluding hydrogens is 182 g/mol. The summed E-state index contributed by atoms with van der Waals surface area (Å²) in [6, 6.07) is 0. The molecule has 0 aromatic rings. The van der Waals surface area contributed by atoms with E-state index < -0.39 is 14.9 Å². The number of aliphatic hydroxyl groups is 1. The zero-order valence-corrected chi connectivity index (χ0v) is 9.52. The summed E-state index contributed by atoms with van der Waals surface area (Å²) < 4.78 is 39.4. The van der Waals surface area contributed by atoms with E-state index in [-0.39, 0.29) is 58.0 Å². The topological polar surface area (TPSA) is 20.2 Å². The Morgan fingerprint density at radius 2 is 1.22 bits per heavy atom. The van der Waals surface area contributed by atoms with E-state index in [0.29, 0.717) is 0 Å². The normalized spacial score (nSPS) is 8.67. The molecule has 0 aliphatic rings. The Morgan fingerprint density at radius 1 is 1.22 bits per heavy atom.